The lowest BCUT2D eigenvalue weighted by atomic mass is 10.1. The largest absolute Gasteiger partial charge is 0.369 e. The number of aromatic nitrogens is 2. The number of nitrogens with two attached hydrogens (primary N) is 1. The summed E-state index contributed by atoms with van der Waals surface area (Å²) in [5, 5.41) is 0. The number of nitrogen functional groups attached to an aromatic ring is 1. The molecule has 0 unspecified atom stereocenters. The molecule has 0 spiro atoms. The molecular weight excluding hydrogens is 401 g/mol. The van der Waals surface area contributed by atoms with Crippen molar-refractivity contribution in [1.82, 2.24) is 9.55 Å². The predicted octanol–water partition coefficient (Wildman–Crippen LogP) is 4.89. The number of rotatable bonds is 1. The molecule has 2 aromatic carbocycles. The highest BCUT2D eigenvalue weighted by molar-refractivity contribution is 9.10. The average molecular weight is 413 g/mol. The molecule has 0 aliphatic rings. The first-order valence-corrected chi connectivity index (χ1v) is 7.87. The van der Waals surface area contributed by atoms with Gasteiger partial charge in [0.15, 0.2) is 0 Å². The van der Waals surface area contributed by atoms with E-state index >= 15 is 0 Å². The van der Waals surface area contributed by atoms with Gasteiger partial charge in [0.2, 0.25) is 5.95 Å². The number of benzene rings is 2. The van der Waals surface area contributed by atoms with Crippen molar-refractivity contribution in [2.75, 3.05) is 5.73 Å². The van der Waals surface area contributed by atoms with Crippen molar-refractivity contribution in [2.45, 2.75) is 13.8 Å². The van der Waals surface area contributed by atoms with Gasteiger partial charge in [-0.1, -0.05) is 15.9 Å². The zero-order chi connectivity index (χ0) is 15.3. The summed E-state index contributed by atoms with van der Waals surface area (Å²) in [5.41, 5.74) is 10.4. The fraction of sp³-hybridized carbons (Fsp3) is 0.133. The number of imidazole rings is 1. The summed E-state index contributed by atoms with van der Waals surface area (Å²) in [6.45, 7) is 4.04. The summed E-state index contributed by atoms with van der Waals surface area (Å²) >= 11 is 6.76. The van der Waals surface area contributed by atoms with Crippen LogP contribution in [0.25, 0.3) is 16.7 Å². The van der Waals surface area contributed by atoms with E-state index in [4.69, 9.17) is 5.73 Å². The maximum atomic E-state index is 13.6. The summed E-state index contributed by atoms with van der Waals surface area (Å²) in [7, 11) is 0. The zero-order valence-electron chi connectivity index (χ0n) is 11.4. The van der Waals surface area contributed by atoms with Crippen LogP contribution in [0.4, 0.5) is 10.3 Å². The number of fused-ring (bicyclic) bond motifs is 1. The van der Waals surface area contributed by atoms with E-state index < -0.39 is 0 Å². The lowest BCUT2D eigenvalue weighted by molar-refractivity contribution is 0.623. The normalized spacial score (nSPS) is 11.3. The molecule has 0 saturated carbocycles. The van der Waals surface area contributed by atoms with Gasteiger partial charge in [0.1, 0.15) is 5.82 Å². The molecule has 1 aromatic heterocycles. The lowest BCUT2D eigenvalue weighted by Gasteiger charge is -2.11. The van der Waals surface area contributed by atoms with Crippen LogP contribution in [0.1, 0.15) is 11.1 Å². The van der Waals surface area contributed by atoms with Gasteiger partial charge in [-0.15, -0.1) is 0 Å². The maximum absolute atomic E-state index is 13.6. The Bertz CT molecular complexity index is 848. The second-order valence-electron chi connectivity index (χ2n) is 4.95. The fourth-order valence-electron chi connectivity index (χ4n) is 2.41. The molecule has 0 aliphatic heterocycles. The van der Waals surface area contributed by atoms with Crippen molar-refractivity contribution >= 4 is 48.8 Å². The van der Waals surface area contributed by atoms with Gasteiger partial charge in [0.25, 0.3) is 0 Å². The Balaban J connectivity index is 2.34. The predicted molar refractivity (Wildman–Crippen MR) is 90.3 cm³/mol. The molecular formula is C15H12Br2FN3. The third-order valence-electron chi connectivity index (χ3n) is 3.40. The van der Waals surface area contributed by atoms with Crippen molar-refractivity contribution < 1.29 is 4.39 Å². The van der Waals surface area contributed by atoms with Gasteiger partial charge in [0, 0.05) is 16.2 Å². The van der Waals surface area contributed by atoms with Gasteiger partial charge in [-0.05, 0) is 59.1 Å². The van der Waals surface area contributed by atoms with Crippen molar-refractivity contribution in [3.63, 3.8) is 0 Å². The van der Waals surface area contributed by atoms with E-state index in [0.717, 1.165) is 26.8 Å². The quantitative estimate of drug-likeness (QED) is 0.618. The minimum atomic E-state index is -0.352. The molecule has 0 radical (unpaired) electrons. The minimum Gasteiger partial charge on any atom is -0.369 e. The molecule has 1 heterocycles. The number of hydrogen-bond donors (Lipinski definition) is 1. The van der Waals surface area contributed by atoms with Gasteiger partial charge in [-0.25, -0.2) is 9.37 Å². The highest BCUT2D eigenvalue weighted by Crippen LogP contribution is 2.30. The maximum Gasteiger partial charge on any atom is 0.205 e. The van der Waals surface area contributed by atoms with Gasteiger partial charge in [0.05, 0.1) is 15.5 Å². The molecule has 0 aliphatic carbocycles. The van der Waals surface area contributed by atoms with E-state index in [1.165, 1.54) is 6.07 Å². The van der Waals surface area contributed by atoms with Crippen LogP contribution in [0.2, 0.25) is 0 Å². The van der Waals surface area contributed by atoms with Gasteiger partial charge in [-0.2, -0.15) is 0 Å². The smallest absolute Gasteiger partial charge is 0.205 e. The number of hydrogen-bond acceptors (Lipinski definition) is 2. The number of aryl methyl sites for hydroxylation is 2. The highest BCUT2D eigenvalue weighted by atomic mass is 79.9. The Morgan fingerprint density at radius 3 is 2.33 bits per heavy atom. The Labute approximate surface area is 138 Å². The summed E-state index contributed by atoms with van der Waals surface area (Å²) < 4.78 is 16.9. The molecule has 3 rings (SSSR count). The summed E-state index contributed by atoms with van der Waals surface area (Å²) in [6.07, 6.45) is 0. The molecule has 0 saturated heterocycles. The number of nitrogens with zero attached hydrogens (tertiary/aromatic N) is 2. The van der Waals surface area contributed by atoms with Crippen LogP contribution < -0.4 is 5.73 Å². The molecule has 3 nitrogen and oxygen atoms in total. The fourth-order valence-corrected chi connectivity index (χ4v) is 2.98. The third kappa shape index (κ3) is 2.36. The second kappa shape index (κ2) is 5.10. The molecule has 108 valence electrons. The third-order valence-corrected chi connectivity index (χ3v) is 5.26. The molecule has 3 aromatic rings. The molecule has 0 fully saturated rings. The molecule has 0 amide bonds. The van der Waals surface area contributed by atoms with Crippen LogP contribution in [0, 0.1) is 19.7 Å². The van der Waals surface area contributed by atoms with Crippen molar-refractivity contribution in [1.29, 1.82) is 0 Å². The van der Waals surface area contributed by atoms with E-state index in [2.05, 4.69) is 36.8 Å². The van der Waals surface area contributed by atoms with Crippen LogP contribution in [0.3, 0.4) is 0 Å². The second-order valence-corrected chi connectivity index (χ2v) is 6.60. The van der Waals surface area contributed by atoms with Crippen LogP contribution in [0.15, 0.2) is 33.2 Å². The first-order chi connectivity index (χ1) is 9.88. The standard InChI is InChI=1S/C15H12Br2FN3/c1-7-3-9(4-8(2)14(7)17)21-13-5-10(16)11(18)6-12(13)20-15(21)19/h3-6H,1-2H3,(H2,19,20). The Morgan fingerprint density at radius 1 is 1.10 bits per heavy atom. The van der Waals surface area contributed by atoms with Gasteiger partial charge in [-0.3, -0.25) is 4.57 Å². The van der Waals surface area contributed by atoms with Crippen molar-refractivity contribution in [3.05, 3.63) is 50.2 Å². The number of halogens is 3. The average Bonchev–Trinajstić information content (AvgIpc) is 2.71. The first-order valence-electron chi connectivity index (χ1n) is 6.28. The molecule has 2 N–H and O–H groups in total. The minimum absolute atomic E-state index is 0.337. The summed E-state index contributed by atoms with van der Waals surface area (Å²) in [4.78, 5) is 4.24. The van der Waals surface area contributed by atoms with Crippen LogP contribution in [-0.2, 0) is 0 Å². The Kier molecular flexibility index (Phi) is 3.53. The monoisotopic (exact) mass is 411 g/mol. The SMILES string of the molecule is Cc1cc(-n2c(N)nc3cc(F)c(Br)cc32)cc(C)c1Br. The molecule has 21 heavy (non-hydrogen) atoms. The van der Waals surface area contributed by atoms with E-state index in [1.54, 1.807) is 6.07 Å². The summed E-state index contributed by atoms with van der Waals surface area (Å²) in [6, 6.07) is 7.11. The van der Waals surface area contributed by atoms with E-state index in [-0.39, 0.29) is 5.82 Å². The Hall–Kier alpha value is -1.40. The van der Waals surface area contributed by atoms with Gasteiger partial charge < -0.3 is 5.73 Å². The Morgan fingerprint density at radius 2 is 1.71 bits per heavy atom. The molecule has 0 atom stereocenters. The first kappa shape index (κ1) is 14.5. The van der Waals surface area contributed by atoms with Crippen molar-refractivity contribution in [3.8, 4) is 5.69 Å². The molecule has 0 bridgehead atoms. The number of anilines is 1. The summed E-state index contributed by atoms with van der Waals surface area (Å²) in [5.74, 6) is -0.0149. The van der Waals surface area contributed by atoms with E-state index in [1.807, 2.05) is 30.5 Å². The van der Waals surface area contributed by atoms with Crippen LogP contribution in [0.5, 0.6) is 0 Å². The lowest BCUT2D eigenvalue weighted by Crippen LogP contribution is -2.02. The van der Waals surface area contributed by atoms with Gasteiger partial charge >= 0.3 is 0 Å². The topological polar surface area (TPSA) is 43.8 Å². The van der Waals surface area contributed by atoms with E-state index in [0.29, 0.717) is 15.9 Å². The van der Waals surface area contributed by atoms with Crippen LogP contribution in [-0.4, -0.2) is 9.55 Å². The molecule has 6 heteroatoms. The van der Waals surface area contributed by atoms with Crippen LogP contribution >= 0.6 is 31.9 Å². The van der Waals surface area contributed by atoms with E-state index in [9.17, 15) is 4.39 Å². The highest BCUT2D eigenvalue weighted by Gasteiger charge is 2.14. The zero-order valence-corrected chi connectivity index (χ0v) is 14.6. The van der Waals surface area contributed by atoms with Crippen molar-refractivity contribution in [2.24, 2.45) is 0 Å².